The number of anilines is 1. The summed E-state index contributed by atoms with van der Waals surface area (Å²) >= 11 is 0. The summed E-state index contributed by atoms with van der Waals surface area (Å²) in [6, 6.07) is 21.8. The second kappa shape index (κ2) is 17.5. The molecule has 3 aromatic rings. The van der Waals surface area contributed by atoms with Crippen LogP contribution >= 0.6 is 0 Å². The number of ether oxygens (including phenoxy) is 1. The molecule has 0 radical (unpaired) electrons. The molecule has 0 aromatic heterocycles. The second-order valence-electron chi connectivity index (χ2n) is 18.4. The Morgan fingerprint density at radius 1 is 1.00 bits per heavy atom. The largest absolute Gasteiger partial charge is 0.496 e. The van der Waals surface area contributed by atoms with Gasteiger partial charge >= 0.3 is 0 Å². The van der Waals surface area contributed by atoms with Gasteiger partial charge in [0, 0.05) is 62.5 Å². The maximum absolute atomic E-state index is 14.4. The second-order valence-corrected chi connectivity index (χ2v) is 18.4. The third-order valence-electron chi connectivity index (χ3n) is 13.7. The molecule has 310 valence electrons. The van der Waals surface area contributed by atoms with Crippen molar-refractivity contribution in [3.63, 3.8) is 0 Å². The highest BCUT2D eigenvalue weighted by atomic mass is 16.7. The van der Waals surface area contributed by atoms with Crippen molar-refractivity contribution in [3.05, 3.63) is 83.4 Å². The van der Waals surface area contributed by atoms with Crippen LogP contribution in [0.1, 0.15) is 68.9 Å². The van der Waals surface area contributed by atoms with E-state index in [4.69, 9.17) is 9.57 Å². The highest BCUT2D eigenvalue weighted by Gasteiger charge is 2.57. The van der Waals surface area contributed by atoms with E-state index in [1.807, 2.05) is 93.6 Å². The van der Waals surface area contributed by atoms with Crippen LogP contribution in [0.4, 0.5) is 5.69 Å². The van der Waals surface area contributed by atoms with Crippen molar-refractivity contribution in [1.82, 2.24) is 20.2 Å². The van der Waals surface area contributed by atoms with Crippen molar-refractivity contribution in [2.45, 2.75) is 84.7 Å². The smallest absolute Gasteiger partial charge is 0.256 e. The Hall–Kier alpha value is -3.96. The summed E-state index contributed by atoms with van der Waals surface area (Å²) in [5, 5.41) is 15.7. The number of carbonyl (C=O) groups is 2. The van der Waals surface area contributed by atoms with E-state index >= 15 is 0 Å². The fraction of sp³-hybridized carbons (Fsp3) is 0.574. The Morgan fingerprint density at radius 3 is 2.32 bits per heavy atom. The lowest BCUT2D eigenvalue weighted by atomic mass is 9.45. The van der Waals surface area contributed by atoms with E-state index in [1.165, 1.54) is 12.0 Å². The molecule has 4 fully saturated rings. The van der Waals surface area contributed by atoms with Crippen molar-refractivity contribution in [2.75, 3.05) is 60.4 Å². The average molecular weight is 782 g/mol. The first-order chi connectivity index (χ1) is 27.1. The lowest BCUT2D eigenvalue weighted by Gasteiger charge is -2.62. The van der Waals surface area contributed by atoms with E-state index in [9.17, 15) is 14.7 Å². The number of hydrogen-bond donors (Lipinski definition) is 2. The van der Waals surface area contributed by atoms with Crippen LogP contribution in [-0.2, 0) is 22.6 Å². The van der Waals surface area contributed by atoms with Crippen LogP contribution in [0.5, 0.6) is 5.75 Å². The van der Waals surface area contributed by atoms with Crippen molar-refractivity contribution in [2.24, 2.45) is 35.0 Å². The first kappa shape index (κ1) is 42.6. The Morgan fingerprint density at radius 2 is 1.72 bits per heavy atom. The molecule has 2 bridgehead atoms. The van der Waals surface area contributed by atoms with Crippen LogP contribution < -0.4 is 15.0 Å². The quantitative estimate of drug-likeness (QED) is 0.178. The molecule has 3 saturated carbocycles. The van der Waals surface area contributed by atoms with Gasteiger partial charge in [-0.15, -0.1) is 0 Å². The van der Waals surface area contributed by atoms with Gasteiger partial charge in [-0.1, -0.05) is 89.2 Å². The normalized spacial score (nSPS) is 25.9. The maximum Gasteiger partial charge on any atom is 0.256 e. The zero-order valence-electron chi connectivity index (χ0n) is 36.2. The number of fused-ring (bicyclic) bond motifs is 2. The SMILES string of the molecule is COc1c(CN2O[C@@H](CO)[C@H](C(C)C)[C@H]2C(=O)N[C@H]2C[C@H]3C[C@H]([C@@H]2C)C3(C)C)cccc1-c1ccc(C(=O)N(C)[C@@H](Cc2ccccc2)CN(C)C)c(N(C)C)c1. The molecule has 4 aliphatic rings. The Kier molecular flexibility index (Phi) is 13.1. The summed E-state index contributed by atoms with van der Waals surface area (Å²) in [5.41, 5.74) is 5.59. The standard InChI is InChI=1S/C47H67N5O5/c1-29(2)42-41(28-53)57-52(43(42)45(54)48-39-25-34-24-38(30(39)3)47(34,4)5)26-33-18-15-19-36(44(33)56-11)32-20-21-37(40(23-32)50(8)9)46(55)51(10)35(27-49(6)7)22-31-16-13-12-14-17-31/h12-21,23,29-30,34-35,38-39,41-43,53H,22,24-28H2,1-11H3,(H,48,54)/t30-,34+,35-,38+,39-,41-,42-,43-/m0/s1. The summed E-state index contributed by atoms with van der Waals surface area (Å²) in [6.07, 6.45) is 2.49. The zero-order valence-corrected chi connectivity index (χ0v) is 36.2. The molecule has 8 atom stereocenters. The van der Waals surface area contributed by atoms with Gasteiger partial charge in [-0.05, 0) is 85.7 Å². The van der Waals surface area contributed by atoms with Gasteiger partial charge in [0.2, 0.25) is 5.91 Å². The highest BCUT2D eigenvalue weighted by Crippen LogP contribution is 2.61. The number of likely N-dealkylation sites (N-methyl/N-ethyl adjacent to an activating group) is 2. The fourth-order valence-electron chi connectivity index (χ4n) is 10.3. The lowest BCUT2D eigenvalue weighted by molar-refractivity contribution is -0.183. The molecule has 2 amide bonds. The van der Waals surface area contributed by atoms with Crippen LogP contribution in [0.25, 0.3) is 11.1 Å². The van der Waals surface area contributed by atoms with Crippen LogP contribution in [0.15, 0.2) is 66.7 Å². The van der Waals surface area contributed by atoms with E-state index in [0.717, 1.165) is 41.8 Å². The summed E-state index contributed by atoms with van der Waals surface area (Å²) in [5.74, 6) is 2.15. The number of methoxy groups -OCH3 is 1. The molecule has 1 heterocycles. The summed E-state index contributed by atoms with van der Waals surface area (Å²) in [4.78, 5) is 41.1. The molecular formula is C47H67N5O5. The molecule has 10 nitrogen and oxygen atoms in total. The van der Waals surface area contributed by atoms with E-state index in [1.54, 1.807) is 12.2 Å². The minimum absolute atomic E-state index is 0.0235. The van der Waals surface area contributed by atoms with E-state index in [0.29, 0.717) is 41.0 Å². The third-order valence-corrected chi connectivity index (χ3v) is 13.7. The van der Waals surface area contributed by atoms with Gasteiger partial charge in [0.1, 0.15) is 17.9 Å². The monoisotopic (exact) mass is 782 g/mol. The van der Waals surface area contributed by atoms with Crippen molar-refractivity contribution in [3.8, 4) is 16.9 Å². The topological polar surface area (TPSA) is 97.8 Å². The number of hydroxylamine groups is 2. The zero-order chi connectivity index (χ0) is 41.3. The summed E-state index contributed by atoms with van der Waals surface area (Å²) in [6.45, 7) is 12.1. The molecule has 0 spiro atoms. The summed E-state index contributed by atoms with van der Waals surface area (Å²) < 4.78 is 6.15. The van der Waals surface area contributed by atoms with Crippen LogP contribution in [0, 0.1) is 35.0 Å². The number of aliphatic hydroxyl groups is 1. The van der Waals surface area contributed by atoms with Crippen molar-refractivity contribution in [1.29, 1.82) is 0 Å². The van der Waals surface area contributed by atoms with Gasteiger partial charge < -0.3 is 29.9 Å². The number of rotatable bonds is 15. The van der Waals surface area contributed by atoms with Crippen molar-refractivity contribution < 1.29 is 24.3 Å². The number of aliphatic hydroxyl groups excluding tert-OH is 1. The molecule has 10 heteroatoms. The minimum atomic E-state index is -0.574. The van der Waals surface area contributed by atoms with Gasteiger partial charge in [-0.2, -0.15) is 5.06 Å². The number of hydrogen-bond acceptors (Lipinski definition) is 8. The van der Waals surface area contributed by atoms with Crippen LogP contribution in [-0.4, -0.2) is 112 Å². The number of benzene rings is 3. The third kappa shape index (κ3) is 8.61. The fourth-order valence-corrected chi connectivity index (χ4v) is 10.3. The van der Waals surface area contributed by atoms with E-state index in [-0.39, 0.29) is 42.3 Å². The van der Waals surface area contributed by atoms with Gasteiger partial charge in [0.25, 0.3) is 5.91 Å². The number of carbonyl (C=O) groups excluding carboxylic acids is 2. The molecule has 1 saturated heterocycles. The lowest BCUT2D eigenvalue weighted by Crippen LogP contribution is -2.62. The van der Waals surface area contributed by atoms with Gasteiger partial charge in [-0.25, -0.2) is 0 Å². The van der Waals surface area contributed by atoms with E-state index < -0.39 is 12.1 Å². The molecule has 3 aliphatic carbocycles. The van der Waals surface area contributed by atoms with Gasteiger partial charge in [0.15, 0.2) is 0 Å². The number of para-hydroxylation sites is 1. The minimum Gasteiger partial charge on any atom is -0.496 e. The predicted molar refractivity (Wildman–Crippen MR) is 228 cm³/mol. The molecule has 7 rings (SSSR count). The molecular weight excluding hydrogens is 715 g/mol. The van der Waals surface area contributed by atoms with E-state index in [2.05, 4.69) is 63.0 Å². The number of amides is 2. The first-order valence-corrected chi connectivity index (χ1v) is 20.8. The Labute approximate surface area is 341 Å². The average Bonchev–Trinajstić information content (AvgIpc) is 3.56. The number of nitrogens with one attached hydrogen (secondary N) is 1. The van der Waals surface area contributed by atoms with Gasteiger partial charge in [0.05, 0.1) is 25.8 Å². The molecule has 0 unspecified atom stereocenters. The molecule has 3 aromatic carbocycles. The van der Waals surface area contributed by atoms with Gasteiger partial charge in [-0.3, -0.25) is 14.4 Å². The Balaban J connectivity index is 1.27. The summed E-state index contributed by atoms with van der Waals surface area (Å²) in [7, 11) is 11.6. The molecule has 57 heavy (non-hydrogen) atoms. The highest BCUT2D eigenvalue weighted by molar-refractivity contribution is 6.01. The van der Waals surface area contributed by atoms with Crippen LogP contribution in [0.2, 0.25) is 0 Å². The predicted octanol–water partition coefficient (Wildman–Crippen LogP) is 6.61. The number of nitrogens with zero attached hydrogens (tertiary/aromatic N) is 4. The molecule has 2 N–H and O–H groups in total. The van der Waals surface area contributed by atoms with Crippen molar-refractivity contribution >= 4 is 17.5 Å². The Bertz CT molecular complexity index is 1860. The molecule has 1 aliphatic heterocycles. The van der Waals surface area contributed by atoms with Crippen LogP contribution in [0.3, 0.4) is 0 Å². The maximum atomic E-state index is 14.4. The first-order valence-electron chi connectivity index (χ1n) is 20.8.